The quantitative estimate of drug-likeness (QED) is 0.853. The number of hydrogen-bond donors (Lipinski definition) is 1. The van der Waals surface area contributed by atoms with Gasteiger partial charge in [0.2, 0.25) is 0 Å². The number of hydrogen-bond acceptors (Lipinski definition) is 3. The van der Waals surface area contributed by atoms with Gasteiger partial charge in [-0.05, 0) is 18.2 Å². The third-order valence-electron chi connectivity index (χ3n) is 2.57. The van der Waals surface area contributed by atoms with Crippen molar-refractivity contribution in [1.29, 1.82) is 0 Å². The van der Waals surface area contributed by atoms with Crippen molar-refractivity contribution in [3.8, 4) is 0 Å². The van der Waals surface area contributed by atoms with Crippen LogP contribution in [0.3, 0.4) is 0 Å². The summed E-state index contributed by atoms with van der Waals surface area (Å²) in [6, 6.07) is 1.40. The van der Waals surface area contributed by atoms with Crippen LogP contribution in [-0.4, -0.2) is 20.2 Å². The van der Waals surface area contributed by atoms with Crippen LogP contribution in [0.25, 0.3) is 0 Å². The predicted octanol–water partition coefficient (Wildman–Crippen LogP) is 2.57. The normalized spacial score (nSPS) is 21.6. The highest BCUT2D eigenvalue weighted by atomic mass is 32.2. The van der Waals surface area contributed by atoms with Gasteiger partial charge in [-0.15, -0.1) is 0 Å². The molecule has 1 N–H and O–H groups in total. The van der Waals surface area contributed by atoms with Crippen molar-refractivity contribution in [3.05, 3.63) is 41.1 Å². The van der Waals surface area contributed by atoms with Gasteiger partial charge in [0, 0.05) is 5.41 Å². The highest BCUT2D eigenvalue weighted by Gasteiger charge is 2.31. The minimum absolute atomic E-state index is 0.167. The van der Waals surface area contributed by atoms with Gasteiger partial charge < -0.3 is 5.32 Å². The molecule has 1 heterocycles. The molecule has 19 heavy (non-hydrogen) atoms. The molecule has 0 radical (unpaired) electrons. The van der Waals surface area contributed by atoms with Crippen molar-refractivity contribution in [1.82, 2.24) is 0 Å². The number of anilines is 1. The van der Waals surface area contributed by atoms with Crippen LogP contribution >= 0.6 is 0 Å². The standard InChI is InChI=1S/C11H9F4NO2S/c12-9-5-7(11(13,14)15)1-2-10(9)16-8-3-4-19(17,18)6-8/h1-5,8,16H,6H2. The van der Waals surface area contributed by atoms with Gasteiger partial charge in [0.05, 0.1) is 23.0 Å². The molecule has 8 heteroatoms. The Hall–Kier alpha value is -1.57. The lowest BCUT2D eigenvalue weighted by molar-refractivity contribution is -0.137. The maximum atomic E-state index is 13.5. The van der Waals surface area contributed by atoms with E-state index in [1.165, 1.54) is 6.08 Å². The Morgan fingerprint density at radius 1 is 1.26 bits per heavy atom. The van der Waals surface area contributed by atoms with Gasteiger partial charge in [-0.1, -0.05) is 6.08 Å². The third kappa shape index (κ3) is 3.25. The molecule has 1 atom stereocenters. The van der Waals surface area contributed by atoms with Gasteiger partial charge in [-0.2, -0.15) is 13.2 Å². The molecule has 1 aliphatic heterocycles. The van der Waals surface area contributed by atoms with Crippen molar-refractivity contribution < 1.29 is 26.0 Å². The minimum Gasteiger partial charge on any atom is -0.375 e. The van der Waals surface area contributed by atoms with Crippen LogP contribution < -0.4 is 5.32 Å². The minimum atomic E-state index is -4.62. The Balaban J connectivity index is 2.17. The maximum Gasteiger partial charge on any atom is 0.416 e. The molecule has 1 aromatic carbocycles. The van der Waals surface area contributed by atoms with Crippen molar-refractivity contribution in [2.45, 2.75) is 12.2 Å². The van der Waals surface area contributed by atoms with Crippen LogP contribution in [0.1, 0.15) is 5.56 Å². The summed E-state index contributed by atoms with van der Waals surface area (Å²) in [5, 5.41) is 3.53. The van der Waals surface area contributed by atoms with E-state index in [1.54, 1.807) is 0 Å². The molecule has 104 valence electrons. The van der Waals surface area contributed by atoms with Crippen molar-refractivity contribution in [2.75, 3.05) is 11.1 Å². The van der Waals surface area contributed by atoms with Crippen molar-refractivity contribution in [3.63, 3.8) is 0 Å². The van der Waals surface area contributed by atoms with Crippen LogP contribution in [0.5, 0.6) is 0 Å². The summed E-state index contributed by atoms with van der Waals surface area (Å²) in [5.41, 5.74) is -1.26. The molecule has 0 spiro atoms. The Morgan fingerprint density at radius 2 is 1.95 bits per heavy atom. The number of benzene rings is 1. The zero-order valence-corrected chi connectivity index (χ0v) is 10.2. The molecule has 0 fully saturated rings. The number of sulfone groups is 1. The van der Waals surface area contributed by atoms with Gasteiger partial charge in [0.15, 0.2) is 9.84 Å². The van der Waals surface area contributed by atoms with Gasteiger partial charge in [-0.3, -0.25) is 0 Å². The monoisotopic (exact) mass is 295 g/mol. The Morgan fingerprint density at radius 3 is 2.42 bits per heavy atom. The molecule has 1 aromatic rings. The predicted molar refractivity (Wildman–Crippen MR) is 61.7 cm³/mol. The van der Waals surface area contributed by atoms with Gasteiger partial charge >= 0.3 is 6.18 Å². The first-order valence-electron chi connectivity index (χ1n) is 5.22. The second-order valence-electron chi connectivity index (χ2n) is 4.10. The average Bonchev–Trinajstić information content (AvgIpc) is 2.59. The molecule has 2 rings (SSSR count). The molecule has 1 aliphatic rings. The van der Waals surface area contributed by atoms with E-state index in [9.17, 15) is 26.0 Å². The summed E-state index contributed by atoms with van der Waals surface area (Å²) >= 11 is 0. The largest absolute Gasteiger partial charge is 0.416 e. The first-order valence-corrected chi connectivity index (χ1v) is 6.93. The van der Waals surface area contributed by atoms with E-state index in [4.69, 9.17) is 0 Å². The molecular formula is C11H9F4NO2S. The van der Waals surface area contributed by atoms with E-state index in [0.717, 1.165) is 17.5 Å². The third-order valence-corrected chi connectivity index (χ3v) is 3.96. The lowest BCUT2D eigenvalue weighted by Crippen LogP contribution is -2.21. The number of rotatable bonds is 2. The molecular weight excluding hydrogens is 286 g/mol. The first-order chi connectivity index (χ1) is 8.67. The van der Waals surface area contributed by atoms with Gasteiger partial charge in [-0.25, -0.2) is 12.8 Å². The maximum absolute atomic E-state index is 13.5. The summed E-state index contributed by atoms with van der Waals surface area (Å²) in [7, 11) is -3.31. The van der Waals surface area contributed by atoms with E-state index in [-0.39, 0.29) is 11.4 Å². The van der Waals surface area contributed by atoms with Crippen molar-refractivity contribution in [2.24, 2.45) is 0 Å². The summed E-state index contributed by atoms with van der Waals surface area (Å²) in [6.07, 6.45) is -3.29. The van der Waals surface area contributed by atoms with E-state index in [1.807, 2.05) is 0 Å². The zero-order chi connectivity index (χ0) is 14.3. The Labute approximate surface area is 106 Å². The molecule has 0 bridgehead atoms. The second-order valence-corrected chi connectivity index (χ2v) is 6.03. The van der Waals surface area contributed by atoms with Crippen LogP contribution in [0.4, 0.5) is 23.2 Å². The molecule has 1 unspecified atom stereocenters. The van der Waals surface area contributed by atoms with Crippen LogP contribution in [-0.2, 0) is 16.0 Å². The van der Waals surface area contributed by atoms with E-state index >= 15 is 0 Å². The molecule has 0 aromatic heterocycles. The van der Waals surface area contributed by atoms with E-state index in [0.29, 0.717) is 6.07 Å². The molecule has 0 saturated heterocycles. The lowest BCUT2D eigenvalue weighted by Gasteiger charge is -2.14. The Kier molecular flexibility index (Phi) is 3.29. The molecule has 3 nitrogen and oxygen atoms in total. The Bertz CT molecular complexity index is 622. The fraction of sp³-hybridized carbons (Fsp3) is 0.273. The van der Waals surface area contributed by atoms with Crippen LogP contribution in [0, 0.1) is 5.82 Å². The highest BCUT2D eigenvalue weighted by Crippen LogP contribution is 2.31. The molecule has 0 amide bonds. The molecule has 0 saturated carbocycles. The van der Waals surface area contributed by atoms with Gasteiger partial charge in [0.25, 0.3) is 0 Å². The fourth-order valence-corrected chi connectivity index (χ4v) is 2.91. The van der Waals surface area contributed by atoms with Crippen molar-refractivity contribution >= 4 is 15.5 Å². The van der Waals surface area contributed by atoms with E-state index in [2.05, 4.69) is 5.32 Å². The number of alkyl halides is 3. The topological polar surface area (TPSA) is 46.2 Å². The van der Waals surface area contributed by atoms with Crippen LogP contribution in [0.2, 0.25) is 0 Å². The zero-order valence-electron chi connectivity index (χ0n) is 9.41. The number of nitrogens with one attached hydrogen (secondary N) is 1. The fourth-order valence-electron chi connectivity index (χ4n) is 1.67. The lowest BCUT2D eigenvalue weighted by atomic mass is 10.2. The van der Waals surface area contributed by atoms with E-state index < -0.39 is 33.4 Å². The first kappa shape index (κ1) is 13.9. The van der Waals surface area contributed by atoms with Gasteiger partial charge in [0.1, 0.15) is 5.82 Å². The highest BCUT2D eigenvalue weighted by molar-refractivity contribution is 7.94. The second kappa shape index (κ2) is 4.52. The number of halogens is 4. The summed E-state index contributed by atoms with van der Waals surface area (Å²) in [4.78, 5) is 0. The molecule has 0 aliphatic carbocycles. The summed E-state index contributed by atoms with van der Waals surface area (Å²) < 4.78 is 72.7. The summed E-state index contributed by atoms with van der Waals surface area (Å²) in [6.45, 7) is 0. The van der Waals surface area contributed by atoms with Crippen LogP contribution in [0.15, 0.2) is 29.7 Å². The smallest absolute Gasteiger partial charge is 0.375 e. The summed E-state index contributed by atoms with van der Waals surface area (Å²) in [5.74, 6) is -1.32. The average molecular weight is 295 g/mol. The SMILES string of the molecule is O=S1(=O)C=CC(Nc2ccc(C(F)(F)F)cc2F)C1.